The molecule has 1 N–H and O–H groups in total. The highest BCUT2D eigenvalue weighted by molar-refractivity contribution is 5.91. The van der Waals surface area contributed by atoms with E-state index >= 15 is 0 Å². The average Bonchev–Trinajstić information content (AvgIpc) is 3.40. The van der Waals surface area contributed by atoms with E-state index in [0.29, 0.717) is 28.9 Å². The first-order chi connectivity index (χ1) is 17.1. The summed E-state index contributed by atoms with van der Waals surface area (Å²) in [5.74, 6) is 0.224. The topological polar surface area (TPSA) is 98.5 Å². The molecule has 192 valence electrons. The number of carbonyl (C=O) groups is 1. The van der Waals surface area contributed by atoms with Crippen LogP contribution in [0.3, 0.4) is 0 Å². The van der Waals surface area contributed by atoms with Crippen LogP contribution in [0.15, 0.2) is 68.9 Å². The third kappa shape index (κ3) is 5.73. The number of fused-ring (bicyclic) bond motifs is 4. The second kappa shape index (κ2) is 10.3. The van der Waals surface area contributed by atoms with Gasteiger partial charge < -0.3 is 23.7 Å². The van der Waals surface area contributed by atoms with Gasteiger partial charge in [-0.15, -0.1) is 0 Å². The number of rotatable bonds is 3. The molecule has 1 aromatic heterocycles. The van der Waals surface area contributed by atoms with Gasteiger partial charge in [-0.25, -0.2) is 9.59 Å². The molecule has 1 aromatic carbocycles. The Bertz CT molecular complexity index is 1280. The van der Waals surface area contributed by atoms with Crippen molar-refractivity contribution in [3.63, 3.8) is 0 Å². The smallest absolute Gasteiger partial charge is 0.336 e. The minimum atomic E-state index is -0.427. The molecule has 2 fully saturated rings. The molecule has 3 heterocycles. The predicted molar refractivity (Wildman–Crippen MR) is 137 cm³/mol. The normalized spacial score (nSPS) is 27.0. The van der Waals surface area contributed by atoms with E-state index in [2.05, 4.69) is 26.5 Å². The lowest BCUT2D eigenvalue weighted by Crippen LogP contribution is -2.28. The molecule has 3 aliphatic rings. The zero-order valence-electron chi connectivity index (χ0n) is 21.3. The number of phenolic OH excluding ortho intramolecular Hbond substituents is 1. The van der Waals surface area contributed by atoms with Crippen LogP contribution in [0.2, 0.25) is 0 Å². The quantitative estimate of drug-likeness (QED) is 0.195. The van der Waals surface area contributed by atoms with Crippen LogP contribution >= 0.6 is 0 Å². The molecule has 5 rings (SSSR count). The summed E-state index contributed by atoms with van der Waals surface area (Å²) in [6, 6.07) is 5.94. The number of aromatic hydroxyl groups is 1. The molecule has 0 saturated carbocycles. The van der Waals surface area contributed by atoms with E-state index < -0.39 is 5.63 Å². The van der Waals surface area contributed by atoms with Gasteiger partial charge in [-0.05, 0) is 71.6 Å². The van der Waals surface area contributed by atoms with Crippen LogP contribution in [0.25, 0.3) is 11.0 Å². The molecular formula is C29H34O7. The number of ether oxygens (including phenoxy) is 3. The summed E-state index contributed by atoms with van der Waals surface area (Å²) < 4.78 is 21.7. The molecule has 0 spiro atoms. The minimum absolute atomic E-state index is 0.0264. The Morgan fingerprint density at radius 2 is 2.06 bits per heavy atom. The fraction of sp³-hybridized carbons (Fsp3) is 0.448. The highest BCUT2D eigenvalue weighted by Crippen LogP contribution is 2.49. The van der Waals surface area contributed by atoms with Crippen molar-refractivity contribution in [1.29, 1.82) is 0 Å². The van der Waals surface area contributed by atoms with Crippen molar-refractivity contribution >= 4 is 16.9 Å². The van der Waals surface area contributed by atoms with Gasteiger partial charge in [0, 0.05) is 29.0 Å². The molecule has 7 heteroatoms. The molecule has 0 radical (unpaired) electrons. The van der Waals surface area contributed by atoms with E-state index in [1.807, 2.05) is 19.9 Å². The summed E-state index contributed by atoms with van der Waals surface area (Å²) in [4.78, 5) is 22.8. The van der Waals surface area contributed by atoms with Crippen LogP contribution in [0.5, 0.6) is 11.5 Å². The number of phenols is 1. The van der Waals surface area contributed by atoms with Crippen LogP contribution < -0.4 is 10.4 Å². The standard InChI is InChI=1S/C15H20O3.C14H14O4/c1-9-5-4-8-15(3)13(18-15)12-11(7-6-9)10(2)14(16)17-12;1-9(2)5-6-17-13-8-12-10(7-11(13)15)3-4-14(16)18-12/h5,11-13H,2,4,6-8H2,1,3H3;3-5,7-8,15H,6H2,1-2H3. The maximum absolute atomic E-state index is 11.7. The lowest BCUT2D eigenvalue weighted by Gasteiger charge is -2.19. The molecule has 2 aliphatic heterocycles. The van der Waals surface area contributed by atoms with Crippen molar-refractivity contribution in [1.82, 2.24) is 0 Å². The van der Waals surface area contributed by atoms with Crippen LogP contribution in [-0.4, -0.2) is 35.5 Å². The second-order valence-corrected chi connectivity index (χ2v) is 10.2. The largest absolute Gasteiger partial charge is 0.504 e. The summed E-state index contributed by atoms with van der Waals surface area (Å²) >= 11 is 0. The van der Waals surface area contributed by atoms with Crippen molar-refractivity contribution in [3.05, 3.63) is 70.1 Å². The number of benzene rings is 1. The number of carbonyl (C=O) groups excluding carboxylic acids is 1. The third-order valence-corrected chi connectivity index (χ3v) is 7.00. The van der Waals surface area contributed by atoms with Gasteiger partial charge in [-0.3, -0.25) is 0 Å². The van der Waals surface area contributed by atoms with Crippen molar-refractivity contribution < 1.29 is 28.5 Å². The van der Waals surface area contributed by atoms with E-state index in [9.17, 15) is 14.7 Å². The summed E-state index contributed by atoms with van der Waals surface area (Å²) in [5, 5.41) is 10.4. The van der Waals surface area contributed by atoms with Gasteiger partial charge in [0.25, 0.3) is 0 Å². The Morgan fingerprint density at radius 1 is 1.28 bits per heavy atom. The SMILES string of the molecule is C=C1C(=O)OC2C1CCC(C)=CCCC1(C)OC21.CC(C)=CCOc1cc2oc(=O)ccc2cc1O. The van der Waals surface area contributed by atoms with Gasteiger partial charge in [-0.1, -0.05) is 23.8 Å². The third-order valence-electron chi connectivity index (χ3n) is 7.00. The molecule has 36 heavy (non-hydrogen) atoms. The van der Waals surface area contributed by atoms with E-state index in [4.69, 9.17) is 18.6 Å². The Hall–Kier alpha value is -3.32. The van der Waals surface area contributed by atoms with E-state index in [1.54, 1.807) is 6.07 Å². The lowest BCUT2D eigenvalue weighted by molar-refractivity contribution is -0.140. The van der Waals surface area contributed by atoms with E-state index in [1.165, 1.54) is 23.8 Å². The van der Waals surface area contributed by atoms with Gasteiger partial charge in [0.2, 0.25) is 0 Å². The lowest BCUT2D eigenvalue weighted by atomic mass is 9.84. The highest BCUT2D eigenvalue weighted by atomic mass is 16.6. The molecular weight excluding hydrogens is 460 g/mol. The second-order valence-electron chi connectivity index (χ2n) is 10.2. The van der Waals surface area contributed by atoms with E-state index in [0.717, 1.165) is 31.3 Å². The van der Waals surface area contributed by atoms with Gasteiger partial charge in [0.1, 0.15) is 24.4 Å². The Balaban J connectivity index is 0.000000169. The van der Waals surface area contributed by atoms with Crippen molar-refractivity contribution in [2.45, 2.75) is 71.2 Å². The van der Waals surface area contributed by atoms with Gasteiger partial charge in [0.15, 0.2) is 11.5 Å². The van der Waals surface area contributed by atoms with Gasteiger partial charge in [-0.2, -0.15) is 0 Å². The molecule has 2 saturated heterocycles. The van der Waals surface area contributed by atoms with Gasteiger partial charge >= 0.3 is 11.6 Å². The zero-order valence-corrected chi connectivity index (χ0v) is 21.3. The summed E-state index contributed by atoms with van der Waals surface area (Å²) in [5.41, 5.74) is 3.01. The minimum Gasteiger partial charge on any atom is -0.504 e. The summed E-state index contributed by atoms with van der Waals surface area (Å²) in [6.07, 6.45) is 8.15. The number of hydrogen-bond donors (Lipinski definition) is 1. The van der Waals surface area contributed by atoms with Crippen LogP contribution in [-0.2, 0) is 14.3 Å². The molecule has 0 bridgehead atoms. The molecule has 0 amide bonds. The molecule has 2 aromatic rings. The maximum atomic E-state index is 11.7. The Labute approximate surface area is 211 Å². The summed E-state index contributed by atoms with van der Waals surface area (Å²) in [7, 11) is 0. The first-order valence-corrected chi connectivity index (χ1v) is 12.3. The van der Waals surface area contributed by atoms with Crippen molar-refractivity contribution in [2.24, 2.45) is 5.92 Å². The van der Waals surface area contributed by atoms with Crippen LogP contribution in [0.1, 0.15) is 53.4 Å². The fourth-order valence-corrected chi connectivity index (χ4v) is 4.70. The first kappa shape index (κ1) is 25.8. The number of esters is 1. The number of allylic oxidation sites excluding steroid dienone is 3. The Morgan fingerprint density at radius 3 is 2.81 bits per heavy atom. The maximum Gasteiger partial charge on any atom is 0.336 e. The zero-order chi connectivity index (χ0) is 26.0. The van der Waals surface area contributed by atoms with Gasteiger partial charge in [0.05, 0.1) is 5.60 Å². The fourth-order valence-electron chi connectivity index (χ4n) is 4.70. The molecule has 7 nitrogen and oxygen atoms in total. The molecule has 4 atom stereocenters. The van der Waals surface area contributed by atoms with E-state index in [-0.39, 0.29) is 35.4 Å². The monoisotopic (exact) mass is 494 g/mol. The van der Waals surface area contributed by atoms with Crippen LogP contribution in [0, 0.1) is 5.92 Å². The molecule has 1 aliphatic carbocycles. The number of epoxide rings is 1. The predicted octanol–water partition coefficient (Wildman–Crippen LogP) is 5.61. The summed E-state index contributed by atoms with van der Waals surface area (Å²) in [6.45, 7) is 12.5. The molecule has 4 unspecified atom stereocenters. The van der Waals surface area contributed by atoms with Crippen molar-refractivity contribution in [3.8, 4) is 11.5 Å². The van der Waals surface area contributed by atoms with Crippen LogP contribution in [0.4, 0.5) is 0 Å². The average molecular weight is 495 g/mol. The highest BCUT2D eigenvalue weighted by Gasteiger charge is 2.61. The van der Waals surface area contributed by atoms with Crippen molar-refractivity contribution in [2.75, 3.05) is 6.61 Å². The number of hydrogen-bond acceptors (Lipinski definition) is 7. The Kier molecular flexibility index (Phi) is 7.41. The first-order valence-electron chi connectivity index (χ1n) is 12.3.